The van der Waals surface area contributed by atoms with Gasteiger partial charge in [-0.1, -0.05) is 26.3 Å². The summed E-state index contributed by atoms with van der Waals surface area (Å²) in [6.45, 7) is 25.1. The van der Waals surface area contributed by atoms with E-state index in [1.165, 1.54) is 24.3 Å². The maximum atomic E-state index is 12.6. The molecule has 0 fully saturated rings. The second-order valence-corrected chi connectivity index (χ2v) is 13.8. The van der Waals surface area contributed by atoms with Gasteiger partial charge in [0.25, 0.3) is 0 Å². The van der Waals surface area contributed by atoms with Crippen LogP contribution in [0.4, 0.5) is 28.8 Å². The van der Waals surface area contributed by atoms with Crippen LogP contribution in [0.1, 0.15) is 55.4 Å². The van der Waals surface area contributed by atoms with Crippen molar-refractivity contribution in [3.8, 4) is 0 Å². The van der Waals surface area contributed by atoms with Gasteiger partial charge in [-0.2, -0.15) is 0 Å². The normalized spacial score (nSPS) is 11.6. The van der Waals surface area contributed by atoms with Gasteiger partial charge in [0.1, 0.15) is 34.6 Å². The van der Waals surface area contributed by atoms with Crippen molar-refractivity contribution in [2.24, 2.45) is 0 Å². The average Bonchev–Trinajstić information content (AvgIpc) is 3.07. The Morgan fingerprint density at radius 1 is 0.444 bits per heavy atom. The van der Waals surface area contributed by atoms with Crippen LogP contribution in [0.5, 0.6) is 0 Å². The number of hydrogen-bond donors (Lipinski definition) is 7. The van der Waals surface area contributed by atoms with Crippen LogP contribution in [-0.4, -0.2) is 122 Å². The van der Waals surface area contributed by atoms with Crippen LogP contribution in [0.3, 0.4) is 0 Å². The van der Waals surface area contributed by atoms with Crippen LogP contribution >= 0.6 is 0 Å². The van der Waals surface area contributed by atoms with Crippen molar-refractivity contribution in [1.29, 1.82) is 0 Å². The van der Waals surface area contributed by atoms with Crippen molar-refractivity contribution in [2.75, 3.05) is 39.3 Å². The van der Waals surface area contributed by atoms with Crippen molar-refractivity contribution >= 4 is 36.6 Å². The Morgan fingerprint density at radius 3 is 0.852 bits per heavy atom. The Labute approximate surface area is 316 Å². The summed E-state index contributed by atoms with van der Waals surface area (Å²) >= 11 is 0. The number of hydrogen-bond acceptors (Lipinski definition) is 13. The summed E-state index contributed by atoms with van der Waals surface area (Å²) in [5.74, 6) is 0. The Morgan fingerprint density at radius 2 is 0.648 bits per heavy atom. The average molecular weight is 771 g/mol. The maximum Gasteiger partial charge on any atom is 0.408 e. The summed E-state index contributed by atoms with van der Waals surface area (Å²) < 4.78 is 31.4. The van der Waals surface area contributed by atoms with E-state index in [4.69, 9.17) is 28.4 Å². The van der Waals surface area contributed by atoms with Crippen molar-refractivity contribution in [3.05, 3.63) is 50.6 Å². The van der Waals surface area contributed by atoms with Gasteiger partial charge in [-0.05, 0) is 79.7 Å². The molecule has 0 atom stereocenters. The first-order valence-electron chi connectivity index (χ1n) is 16.9. The molecule has 0 bridgehead atoms. The van der Waals surface area contributed by atoms with Gasteiger partial charge in [0.15, 0.2) is 0 Å². The molecule has 0 aliphatic rings. The molecule has 0 unspecified atom stereocenters. The molecular formula is C35H58N6O13. The molecule has 19 heteroatoms. The van der Waals surface area contributed by atoms with Gasteiger partial charge < -0.3 is 65.4 Å². The van der Waals surface area contributed by atoms with Crippen molar-refractivity contribution < 1.29 is 62.3 Å². The summed E-state index contributed by atoms with van der Waals surface area (Å²) in [5.41, 5.74) is -3.96. The first-order valence-corrected chi connectivity index (χ1v) is 16.9. The Hall–Kier alpha value is -5.46. The Bertz CT molecular complexity index is 1160. The summed E-state index contributed by atoms with van der Waals surface area (Å²) in [7, 11) is 0. The highest BCUT2D eigenvalue weighted by atomic mass is 16.6. The molecule has 19 nitrogen and oxygen atoms in total. The molecule has 0 rings (SSSR count). The molecule has 0 aromatic carbocycles. The molecular weight excluding hydrogens is 712 g/mol. The minimum Gasteiger partial charge on any atom is -0.442 e. The van der Waals surface area contributed by atoms with Gasteiger partial charge in [-0.3, -0.25) is 0 Å². The predicted molar refractivity (Wildman–Crippen MR) is 198 cm³/mol. The summed E-state index contributed by atoms with van der Waals surface area (Å²) in [6, 6.07) is 0. The van der Waals surface area contributed by atoms with E-state index in [9.17, 15) is 33.9 Å². The van der Waals surface area contributed by atoms with Gasteiger partial charge in [0.2, 0.25) is 0 Å². The van der Waals surface area contributed by atoms with Crippen LogP contribution in [0.2, 0.25) is 0 Å². The van der Waals surface area contributed by atoms with E-state index in [1.54, 1.807) is 55.4 Å². The van der Waals surface area contributed by atoms with Gasteiger partial charge in [-0.25, -0.2) is 28.8 Å². The lowest BCUT2D eigenvalue weighted by Gasteiger charge is -2.24. The molecule has 0 aromatic rings. The summed E-state index contributed by atoms with van der Waals surface area (Å²) in [5, 5.41) is 24.7. The van der Waals surface area contributed by atoms with Gasteiger partial charge >= 0.3 is 36.6 Å². The fourth-order valence-corrected chi connectivity index (χ4v) is 3.23. The lowest BCUT2D eigenvalue weighted by molar-refractivity contribution is 0.0551. The fraction of sp³-hybridized carbons (Fsp3) is 0.600. The van der Waals surface area contributed by atoms with E-state index in [-0.39, 0.29) is 26.2 Å². The topological polar surface area (TPSA) is 250 Å². The highest BCUT2D eigenvalue weighted by Crippen LogP contribution is 2.12. The van der Waals surface area contributed by atoms with Gasteiger partial charge in [0, 0.05) is 13.1 Å². The van der Waals surface area contributed by atoms with E-state index >= 15 is 0 Å². The number of carbonyl (C=O) groups excluding carboxylic acids is 6. The molecule has 0 aliphatic carbocycles. The van der Waals surface area contributed by atoms with E-state index in [2.05, 4.69) is 58.2 Å². The monoisotopic (exact) mass is 770 g/mol. The maximum absolute atomic E-state index is 12.6. The molecule has 306 valence electrons. The number of aliphatic hydroxyl groups is 1. The fourth-order valence-electron chi connectivity index (χ4n) is 3.23. The second-order valence-electron chi connectivity index (χ2n) is 13.8. The quantitative estimate of drug-likeness (QED) is 0.0618. The standard InChI is InChI=1S/C35H58N6O13/c1-13-32(5,6)51-28(45)38-19-24(20-39-29(46)52-33(7,8)14-2)49-26(43)36-17-23(42)18-37-27(44)50-25(21-40-30(47)53-34(9,10)15-3)22-41-31(48)54-35(11,12)16-4/h13-16,23-25,42H,1-4,17-22H2,5-12H3,(H,36,43)(H,37,44)(H,38,45)(H,39,46)(H,40,47)(H,41,48). The number of rotatable bonds is 22. The van der Waals surface area contributed by atoms with Gasteiger partial charge in [0.05, 0.1) is 32.3 Å². The molecule has 6 amide bonds. The van der Waals surface area contributed by atoms with E-state index in [0.717, 1.165) is 0 Å². The van der Waals surface area contributed by atoms with Crippen molar-refractivity contribution in [3.63, 3.8) is 0 Å². The minimum absolute atomic E-state index is 0.293. The molecule has 0 aromatic heterocycles. The number of alkyl carbamates (subject to hydrolysis) is 6. The SMILES string of the molecule is C=CC(C)(C)OC(=O)NCC(CNC(=O)OC(C)(C)C=C)OC(=O)NCC(O)CNC(=O)OC(CNC(=O)OC(C)(C)C=C)CNC(=O)OC(C)(C)C=C. The van der Waals surface area contributed by atoms with Gasteiger partial charge in [-0.15, -0.1) is 0 Å². The van der Waals surface area contributed by atoms with E-state index in [1.807, 2.05) is 0 Å². The summed E-state index contributed by atoms with van der Waals surface area (Å²) in [6.07, 6.45) is -3.44. The molecule has 0 spiro atoms. The van der Waals surface area contributed by atoms with Crippen molar-refractivity contribution in [2.45, 2.75) is 96.1 Å². The molecule has 7 N–H and O–H groups in total. The van der Waals surface area contributed by atoms with Crippen LogP contribution in [0.15, 0.2) is 50.6 Å². The summed E-state index contributed by atoms with van der Waals surface area (Å²) in [4.78, 5) is 74.1. The third kappa shape index (κ3) is 23.2. The molecule has 0 aliphatic heterocycles. The molecule has 0 radical (unpaired) electrons. The predicted octanol–water partition coefficient (Wildman–Crippen LogP) is 3.30. The number of nitrogens with one attached hydrogen (secondary N) is 6. The third-order valence-electron chi connectivity index (χ3n) is 6.80. The number of aliphatic hydroxyl groups excluding tert-OH is 1. The second kappa shape index (κ2) is 22.6. The highest BCUT2D eigenvalue weighted by molar-refractivity contribution is 5.71. The highest BCUT2D eigenvalue weighted by Gasteiger charge is 2.26. The zero-order valence-electron chi connectivity index (χ0n) is 32.5. The molecule has 0 saturated carbocycles. The first kappa shape index (κ1) is 48.5. The van der Waals surface area contributed by atoms with E-state index < -0.39 is 90.4 Å². The lowest BCUT2D eigenvalue weighted by atomic mass is 10.1. The minimum atomic E-state index is -1.35. The molecule has 0 saturated heterocycles. The number of ether oxygens (including phenoxy) is 6. The number of amides is 6. The number of carbonyl (C=O) groups is 6. The lowest BCUT2D eigenvalue weighted by Crippen LogP contribution is -2.48. The zero-order valence-corrected chi connectivity index (χ0v) is 32.5. The van der Waals surface area contributed by atoms with E-state index in [0.29, 0.717) is 0 Å². The third-order valence-corrected chi connectivity index (χ3v) is 6.80. The zero-order chi connectivity index (χ0) is 41.8. The largest absolute Gasteiger partial charge is 0.442 e. The smallest absolute Gasteiger partial charge is 0.408 e. The van der Waals surface area contributed by atoms with Crippen LogP contribution in [0, 0.1) is 0 Å². The Balaban J connectivity index is 5.26. The van der Waals surface area contributed by atoms with Crippen LogP contribution < -0.4 is 31.9 Å². The molecule has 0 heterocycles. The Kier molecular flexibility index (Phi) is 20.3. The van der Waals surface area contributed by atoms with Crippen LogP contribution in [0.25, 0.3) is 0 Å². The van der Waals surface area contributed by atoms with Crippen LogP contribution in [-0.2, 0) is 28.4 Å². The van der Waals surface area contributed by atoms with Crippen molar-refractivity contribution in [1.82, 2.24) is 31.9 Å². The molecule has 54 heavy (non-hydrogen) atoms. The first-order chi connectivity index (χ1) is 24.9.